The zero-order valence-corrected chi connectivity index (χ0v) is 14.8. The first kappa shape index (κ1) is 19.2. The number of likely N-dealkylation sites (tertiary alicyclic amines) is 2. The maximum atomic E-state index is 12.6. The average Bonchev–Trinajstić information content (AvgIpc) is 2.89. The Morgan fingerprint density at radius 1 is 1.36 bits per heavy atom. The predicted octanol–water partition coefficient (Wildman–Crippen LogP) is 1.66. The number of rotatable bonds is 5. The molecule has 1 N–H and O–H groups in total. The molecule has 22 heavy (non-hydrogen) atoms. The Hall–Kier alpha value is -0.810. The fourth-order valence-corrected chi connectivity index (χ4v) is 3.54. The van der Waals surface area contributed by atoms with Gasteiger partial charge < -0.3 is 15.1 Å². The highest BCUT2D eigenvalue weighted by molar-refractivity contribution is 5.89. The van der Waals surface area contributed by atoms with Crippen molar-refractivity contribution < 1.29 is 9.59 Å². The Morgan fingerprint density at radius 2 is 2.00 bits per heavy atom. The summed E-state index contributed by atoms with van der Waals surface area (Å²) in [6.45, 7) is 6.47. The summed E-state index contributed by atoms with van der Waals surface area (Å²) >= 11 is 0. The first-order valence-electron chi connectivity index (χ1n) is 8.32. The monoisotopic (exact) mass is 331 g/mol. The van der Waals surface area contributed by atoms with Gasteiger partial charge in [0.05, 0.1) is 5.92 Å². The zero-order chi connectivity index (χ0) is 15.4. The van der Waals surface area contributed by atoms with Crippen molar-refractivity contribution >= 4 is 24.2 Å². The molecule has 128 valence electrons. The Bertz CT molecular complexity index is 384. The lowest BCUT2D eigenvalue weighted by molar-refractivity contribution is -0.136. The third-order valence-electron chi connectivity index (χ3n) is 4.96. The van der Waals surface area contributed by atoms with Crippen LogP contribution >= 0.6 is 12.4 Å². The Kier molecular flexibility index (Phi) is 7.63. The molecule has 5 nitrogen and oxygen atoms in total. The molecule has 0 bridgehead atoms. The number of hydrogen-bond donors (Lipinski definition) is 1. The summed E-state index contributed by atoms with van der Waals surface area (Å²) in [5, 5.41) is 3.28. The van der Waals surface area contributed by atoms with Gasteiger partial charge in [0.25, 0.3) is 0 Å². The topological polar surface area (TPSA) is 52.7 Å². The molecule has 2 atom stereocenters. The highest BCUT2D eigenvalue weighted by Gasteiger charge is 2.38. The fourth-order valence-electron chi connectivity index (χ4n) is 3.54. The molecule has 0 aliphatic carbocycles. The van der Waals surface area contributed by atoms with Crippen LogP contribution in [0.3, 0.4) is 0 Å². The fraction of sp³-hybridized carbons (Fsp3) is 0.875. The molecule has 0 radical (unpaired) electrons. The molecule has 2 unspecified atom stereocenters. The van der Waals surface area contributed by atoms with Crippen molar-refractivity contribution in [3.63, 3.8) is 0 Å². The average molecular weight is 332 g/mol. The second-order valence-corrected chi connectivity index (χ2v) is 6.47. The molecule has 2 heterocycles. The molecule has 0 saturated carbocycles. The molecular formula is C16H30ClN3O2. The summed E-state index contributed by atoms with van der Waals surface area (Å²) in [5.41, 5.74) is 0. The Morgan fingerprint density at radius 3 is 2.55 bits per heavy atom. The van der Waals surface area contributed by atoms with E-state index in [2.05, 4.69) is 19.2 Å². The molecule has 2 amide bonds. The van der Waals surface area contributed by atoms with Gasteiger partial charge in [-0.3, -0.25) is 9.59 Å². The van der Waals surface area contributed by atoms with Crippen molar-refractivity contribution in [2.45, 2.75) is 58.0 Å². The van der Waals surface area contributed by atoms with E-state index in [1.165, 1.54) is 0 Å². The van der Waals surface area contributed by atoms with Crippen LogP contribution in [0.1, 0.15) is 46.0 Å². The van der Waals surface area contributed by atoms with Gasteiger partial charge in [-0.2, -0.15) is 0 Å². The van der Waals surface area contributed by atoms with Gasteiger partial charge in [-0.1, -0.05) is 13.3 Å². The van der Waals surface area contributed by atoms with Crippen molar-refractivity contribution in [2.24, 2.45) is 5.92 Å². The van der Waals surface area contributed by atoms with E-state index in [9.17, 15) is 9.59 Å². The van der Waals surface area contributed by atoms with Gasteiger partial charge in [0.15, 0.2) is 0 Å². The van der Waals surface area contributed by atoms with Crippen molar-refractivity contribution in [1.82, 2.24) is 15.1 Å². The second kappa shape index (κ2) is 8.73. The van der Waals surface area contributed by atoms with Gasteiger partial charge in [0.1, 0.15) is 0 Å². The maximum Gasteiger partial charge on any atom is 0.227 e. The normalized spacial score (nSPS) is 24.3. The highest BCUT2D eigenvalue weighted by atomic mass is 35.5. The van der Waals surface area contributed by atoms with Crippen LogP contribution in [0.2, 0.25) is 0 Å². The van der Waals surface area contributed by atoms with Gasteiger partial charge in [-0.05, 0) is 33.2 Å². The summed E-state index contributed by atoms with van der Waals surface area (Å²) in [5.74, 6) is 0.214. The lowest BCUT2D eigenvalue weighted by Crippen LogP contribution is -2.46. The van der Waals surface area contributed by atoms with Crippen molar-refractivity contribution in [3.05, 3.63) is 0 Å². The number of carbonyl (C=O) groups is 2. The van der Waals surface area contributed by atoms with Crippen LogP contribution in [0, 0.1) is 5.92 Å². The van der Waals surface area contributed by atoms with Crippen LogP contribution in [0.15, 0.2) is 0 Å². The molecule has 0 aromatic rings. The molecule has 6 heteroatoms. The van der Waals surface area contributed by atoms with E-state index in [0.717, 1.165) is 38.8 Å². The van der Waals surface area contributed by atoms with Crippen LogP contribution < -0.4 is 5.32 Å². The maximum absolute atomic E-state index is 12.6. The van der Waals surface area contributed by atoms with Gasteiger partial charge in [0.2, 0.25) is 11.8 Å². The number of nitrogens with one attached hydrogen (secondary N) is 1. The molecule has 2 fully saturated rings. The minimum absolute atomic E-state index is 0. The molecule has 2 aliphatic rings. The number of halogens is 1. The van der Waals surface area contributed by atoms with Crippen LogP contribution in [0.25, 0.3) is 0 Å². The standard InChI is InChI=1S/C16H29N3O2.ClH/c1-4-5-12(2)19-11-13(10-15(19)20)16(21)18-8-6-14(17-3)7-9-18;/h12-14,17H,4-11H2,1-3H3;1H. The number of piperidine rings is 1. The van der Waals surface area contributed by atoms with Gasteiger partial charge >= 0.3 is 0 Å². The summed E-state index contributed by atoms with van der Waals surface area (Å²) in [6.07, 6.45) is 4.51. The van der Waals surface area contributed by atoms with Crippen LogP contribution in [0.4, 0.5) is 0 Å². The largest absolute Gasteiger partial charge is 0.342 e. The number of carbonyl (C=O) groups excluding carboxylic acids is 2. The van der Waals surface area contributed by atoms with Crippen LogP contribution in [0.5, 0.6) is 0 Å². The number of nitrogens with zero attached hydrogens (tertiary/aromatic N) is 2. The molecule has 2 rings (SSSR count). The molecular weight excluding hydrogens is 302 g/mol. The molecule has 0 aromatic carbocycles. The molecule has 0 aromatic heterocycles. The second-order valence-electron chi connectivity index (χ2n) is 6.47. The number of amides is 2. The first-order valence-corrected chi connectivity index (χ1v) is 8.32. The third kappa shape index (κ3) is 4.35. The van der Waals surface area contributed by atoms with E-state index >= 15 is 0 Å². The summed E-state index contributed by atoms with van der Waals surface area (Å²) in [4.78, 5) is 28.6. The van der Waals surface area contributed by atoms with E-state index in [-0.39, 0.29) is 36.2 Å². The first-order chi connectivity index (χ1) is 10.1. The summed E-state index contributed by atoms with van der Waals surface area (Å²) in [7, 11) is 1.98. The lowest BCUT2D eigenvalue weighted by atomic mass is 10.0. The molecule has 2 aliphatic heterocycles. The Balaban J connectivity index is 0.00000242. The summed E-state index contributed by atoms with van der Waals surface area (Å²) < 4.78 is 0. The zero-order valence-electron chi connectivity index (χ0n) is 14.0. The minimum Gasteiger partial charge on any atom is -0.342 e. The van der Waals surface area contributed by atoms with Crippen LogP contribution in [-0.4, -0.2) is 60.4 Å². The predicted molar refractivity (Wildman–Crippen MR) is 90.1 cm³/mol. The minimum atomic E-state index is -0.122. The molecule has 2 saturated heterocycles. The van der Waals surface area contributed by atoms with Crippen molar-refractivity contribution in [2.75, 3.05) is 26.7 Å². The smallest absolute Gasteiger partial charge is 0.227 e. The quantitative estimate of drug-likeness (QED) is 0.833. The third-order valence-corrected chi connectivity index (χ3v) is 4.96. The van der Waals surface area contributed by atoms with Crippen LogP contribution in [-0.2, 0) is 9.59 Å². The Labute approximate surface area is 140 Å². The van der Waals surface area contributed by atoms with Crippen molar-refractivity contribution in [1.29, 1.82) is 0 Å². The van der Waals surface area contributed by atoms with E-state index in [1.807, 2.05) is 16.8 Å². The lowest BCUT2D eigenvalue weighted by Gasteiger charge is -2.33. The van der Waals surface area contributed by atoms with Gasteiger partial charge in [-0.25, -0.2) is 0 Å². The highest BCUT2D eigenvalue weighted by Crippen LogP contribution is 2.25. The molecule has 0 spiro atoms. The van der Waals surface area contributed by atoms with E-state index in [0.29, 0.717) is 19.0 Å². The van der Waals surface area contributed by atoms with Gasteiger partial charge in [-0.15, -0.1) is 12.4 Å². The SMILES string of the molecule is CCCC(C)N1CC(C(=O)N2CCC(NC)CC2)CC1=O.Cl. The summed E-state index contributed by atoms with van der Waals surface area (Å²) in [6, 6.07) is 0.788. The number of hydrogen-bond acceptors (Lipinski definition) is 3. The van der Waals surface area contributed by atoms with E-state index in [4.69, 9.17) is 0 Å². The van der Waals surface area contributed by atoms with E-state index in [1.54, 1.807) is 0 Å². The van der Waals surface area contributed by atoms with E-state index < -0.39 is 0 Å². The van der Waals surface area contributed by atoms with Crippen molar-refractivity contribution in [3.8, 4) is 0 Å². The van der Waals surface area contributed by atoms with Gasteiger partial charge in [0, 0.05) is 38.1 Å².